The van der Waals surface area contributed by atoms with Gasteiger partial charge in [-0.1, -0.05) is 28.9 Å². The number of methoxy groups -OCH3 is 1. The van der Waals surface area contributed by atoms with Crippen LogP contribution in [0.25, 0.3) is 0 Å². The summed E-state index contributed by atoms with van der Waals surface area (Å²) >= 11 is 3.54. The van der Waals surface area contributed by atoms with Gasteiger partial charge in [-0.15, -0.1) is 0 Å². The number of rotatable bonds is 2. The lowest BCUT2D eigenvalue weighted by molar-refractivity contribution is -0.146. The second-order valence-electron chi connectivity index (χ2n) is 4.32. The molecule has 3 nitrogen and oxygen atoms in total. The van der Waals surface area contributed by atoms with Gasteiger partial charge in [0.05, 0.1) is 7.11 Å². The third-order valence-electron chi connectivity index (χ3n) is 3.47. The maximum atomic E-state index is 11.9. The number of nitrogens with one attached hydrogen (secondary N) is 1. The van der Waals surface area contributed by atoms with E-state index in [0.717, 1.165) is 29.4 Å². The Hall–Kier alpha value is -1.03. The van der Waals surface area contributed by atoms with Gasteiger partial charge in [0.2, 0.25) is 0 Å². The fourth-order valence-corrected chi connectivity index (χ4v) is 2.91. The SMILES string of the molecule is CCC1(C(=O)OC)CCc2c(Br)cccc2N1. The van der Waals surface area contributed by atoms with Crippen molar-refractivity contribution in [1.82, 2.24) is 0 Å². The highest BCUT2D eigenvalue weighted by Gasteiger charge is 2.40. The van der Waals surface area contributed by atoms with Crippen molar-refractivity contribution in [2.75, 3.05) is 12.4 Å². The molecular formula is C13H16BrNO2. The Morgan fingerprint density at radius 2 is 2.35 bits per heavy atom. The molecule has 0 aliphatic carbocycles. The van der Waals surface area contributed by atoms with Crippen LogP contribution in [0.1, 0.15) is 25.3 Å². The zero-order valence-electron chi connectivity index (χ0n) is 10.0. The summed E-state index contributed by atoms with van der Waals surface area (Å²) in [6.07, 6.45) is 2.38. The van der Waals surface area contributed by atoms with E-state index in [1.165, 1.54) is 12.7 Å². The Labute approximate surface area is 110 Å². The molecule has 1 atom stereocenters. The molecule has 1 heterocycles. The topological polar surface area (TPSA) is 38.3 Å². The van der Waals surface area contributed by atoms with Crippen LogP contribution in [0.4, 0.5) is 5.69 Å². The summed E-state index contributed by atoms with van der Waals surface area (Å²) < 4.78 is 6.01. The quantitative estimate of drug-likeness (QED) is 0.853. The van der Waals surface area contributed by atoms with Gasteiger partial charge in [0.1, 0.15) is 5.54 Å². The molecule has 92 valence electrons. The number of esters is 1. The summed E-state index contributed by atoms with van der Waals surface area (Å²) in [4.78, 5) is 11.9. The zero-order valence-corrected chi connectivity index (χ0v) is 11.6. The van der Waals surface area contributed by atoms with E-state index in [0.29, 0.717) is 0 Å². The van der Waals surface area contributed by atoms with Gasteiger partial charge in [0.15, 0.2) is 0 Å². The lowest BCUT2D eigenvalue weighted by Crippen LogP contribution is -2.49. The molecule has 0 aromatic heterocycles. The first-order valence-electron chi connectivity index (χ1n) is 5.77. The first-order chi connectivity index (χ1) is 8.13. The summed E-state index contributed by atoms with van der Waals surface area (Å²) in [5.74, 6) is -0.175. The molecule has 1 N–H and O–H groups in total. The number of carbonyl (C=O) groups is 1. The molecule has 0 saturated carbocycles. The van der Waals surface area contributed by atoms with Crippen molar-refractivity contribution < 1.29 is 9.53 Å². The van der Waals surface area contributed by atoms with Crippen LogP contribution in [0, 0.1) is 0 Å². The van der Waals surface area contributed by atoms with E-state index in [9.17, 15) is 4.79 Å². The minimum atomic E-state index is -0.567. The Balaban J connectivity index is 2.37. The summed E-state index contributed by atoms with van der Waals surface area (Å²) in [5.41, 5.74) is 1.70. The maximum absolute atomic E-state index is 11.9. The number of fused-ring (bicyclic) bond motifs is 1. The van der Waals surface area contributed by atoms with Crippen molar-refractivity contribution in [1.29, 1.82) is 0 Å². The Morgan fingerprint density at radius 3 is 3.00 bits per heavy atom. The van der Waals surface area contributed by atoms with Crippen molar-refractivity contribution in [2.24, 2.45) is 0 Å². The number of hydrogen-bond acceptors (Lipinski definition) is 3. The Bertz CT molecular complexity index is 447. The minimum absolute atomic E-state index is 0.175. The molecule has 2 rings (SSSR count). The second-order valence-corrected chi connectivity index (χ2v) is 5.17. The van der Waals surface area contributed by atoms with Crippen molar-refractivity contribution in [3.63, 3.8) is 0 Å². The predicted molar refractivity (Wildman–Crippen MR) is 71.1 cm³/mol. The standard InChI is InChI=1S/C13H16BrNO2/c1-3-13(12(16)17-2)8-7-9-10(14)5-4-6-11(9)15-13/h4-6,15H,3,7-8H2,1-2H3. The van der Waals surface area contributed by atoms with Crippen molar-refractivity contribution in [2.45, 2.75) is 31.7 Å². The molecule has 1 aliphatic rings. The molecule has 1 aliphatic heterocycles. The van der Waals surface area contributed by atoms with E-state index in [-0.39, 0.29) is 5.97 Å². The van der Waals surface area contributed by atoms with Crippen molar-refractivity contribution in [3.05, 3.63) is 28.2 Å². The lowest BCUT2D eigenvalue weighted by atomic mass is 9.84. The Kier molecular flexibility index (Phi) is 3.43. The normalized spacial score (nSPS) is 22.5. The van der Waals surface area contributed by atoms with Gasteiger partial charge >= 0.3 is 5.97 Å². The molecule has 17 heavy (non-hydrogen) atoms. The van der Waals surface area contributed by atoms with Gasteiger partial charge in [-0.2, -0.15) is 0 Å². The van der Waals surface area contributed by atoms with Crippen LogP contribution in [0.2, 0.25) is 0 Å². The third kappa shape index (κ3) is 2.06. The van der Waals surface area contributed by atoms with Crippen LogP contribution in [-0.2, 0) is 16.0 Å². The maximum Gasteiger partial charge on any atom is 0.331 e. The molecule has 0 radical (unpaired) electrons. The van der Waals surface area contributed by atoms with Crippen LogP contribution >= 0.6 is 15.9 Å². The summed E-state index contributed by atoms with van der Waals surface area (Å²) in [5, 5.41) is 3.35. The Morgan fingerprint density at radius 1 is 1.59 bits per heavy atom. The van der Waals surface area contributed by atoms with E-state index in [4.69, 9.17) is 4.74 Å². The molecule has 0 fully saturated rings. The zero-order chi connectivity index (χ0) is 12.5. The van der Waals surface area contributed by atoms with E-state index < -0.39 is 5.54 Å². The molecular weight excluding hydrogens is 282 g/mol. The monoisotopic (exact) mass is 297 g/mol. The number of carbonyl (C=O) groups excluding carboxylic acids is 1. The smallest absolute Gasteiger partial charge is 0.331 e. The highest BCUT2D eigenvalue weighted by atomic mass is 79.9. The number of halogens is 1. The van der Waals surface area contributed by atoms with Gasteiger partial charge in [-0.25, -0.2) is 4.79 Å². The van der Waals surface area contributed by atoms with Gasteiger partial charge < -0.3 is 10.1 Å². The van der Waals surface area contributed by atoms with Gasteiger partial charge in [-0.05, 0) is 37.0 Å². The van der Waals surface area contributed by atoms with Gasteiger partial charge in [0, 0.05) is 10.2 Å². The van der Waals surface area contributed by atoms with Crippen LogP contribution in [0.15, 0.2) is 22.7 Å². The minimum Gasteiger partial charge on any atom is -0.467 e. The van der Waals surface area contributed by atoms with E-state index in [1.807, 2.05) is 25.1 Å². The van der Waals surface area contributed by atoms with Gasteiger partial charge in [0.25, 0.3) is 0 Å². The fourth-order valence-electron chi connectivity index (χ4n) is 2.35. The van der Waals surface area contributed by atoms with Crippen LogP contribution in [-0.4, -0.2) is 18.6 Å². The molecule has 0 saturated heterocycles. The lowest BCUT2D eigenvalue weighted by Gasteiger charge is -2.37. The summed E-state index contributed by atoms with van der Waals surface area (Å²) in [7, 11) is 1.44. The third-order valence-corrected chi connectivity index (χ3v) is 4.22. The second kappa shape index (κ2) is 4.69. The fraction of sp³-hybridized carbons (Fsp3) is 0.462. The van der Waals surface area contributed by atoms with E-state index in [1.54, 1.807) is 0 Å². The van der Waals surface area contributed by atoms with Crippen molar-refractivity contribution in [3.8, 4) is 0 Å². The van der Waals surface area contributed by atoms with Crippen LogP contribution in [0.3, 0.4) is 0 Å². The van der Waals surface area contributed by atoms with Crippen LogP contribution < -0.4 is 5.32 Å². The molecule has 0 bridgehead atoms. The number of anilines is 1. The number of ether oxygens (including phenoxy) is 1. The average molecular weight is 298 g/mol. The first kappa shape index (κ1) is 12.4. The molecule has 0 spiro atoms. The summed E-state index contributed by atoms with van der Waals surface area (Å²) in [6.45, 7) is 2.01. The molecule has 1 aromatic rings. The molecule has 0 amide bonds. The number of hydrogen-bond donors (Lipinski definition) is 1. The summed E-state index contributed by atoms with van der Waals surface area (Å²) in [6, 6.07) is 6.00. The molecule has 1 unspecified atom stereocenters. The number of benzene rings is 1. The van der Waals surface area contributed by atoms with E-state index >= 15 is 0 Å². The van der Waals surface area contributed by atoms with Crippen LogP contribution in [0.5, 0.6) is 0 Å². The van der Waals surface area contributed by atoms with E-state index in [2.05, 4.69) is 21.2 Å². The van der Waals surface area contributed by atoms with Crippen molar-refractivity contribution >= 4 is 27.6 Å². The largest absolute Gasteiger partial charge is 0.467 e. The highest BCUT2D eigenvalue weighted by Crippen LogP contribution is 2.37. The molecule has 4 heteroatoms. The van der Waals surface area contributed by atoms with Gasteiger partial charge in [-0.3, -0.25) is 0 Å². The highest BCUT2D eigenvalue weighted by molar-refractivity contribution is 9.10. The average Bonchev–Trinajstić information content (AvgIpc) is 2.37. The molecule has 1 aromatic carbocycles. The first-order valence-corrected chi connectivity index (χ1v) is 6.56. The predicted octanol–water partition coefficient (Wildman–Crippen LogP) is 3.13.